The van der Waals surface area contributed by atoms with Gasteiger partial charge in [0, 0.05) is 31.9 Å². The van der Waals surface area contributed by atoms with Crippen LogP contribution in [-0.2, 0) is 18.4 Å². The Morgan fingerprint density at radius 1 is 1.36 bits per heavy atom. The zero-order valence-electron chi connectivity index (χ0n) is 15.4. The molecular formula is C19H34N2O. The molecule has 0 radical (unpaired) electrons. The standard InChI is InChI=1S/C19H34N2O/c1-7-8-12-21(15-17-10-9-11-20(17)6)18(22)13-16(2)14-19(3,4)5/h9-11,16H,7-8,12-15H2,1-6H3/t16-/m0/s1. The van der Waals surface area contributed by atoms with Gasteiger partial charge in [-0.3, -0.25) is 4.79 Å². The van der Waals surface area contributed by atoms with E-state index in [1.165, 1.54) is 5.69 Å². The zero-order valence-corrected chi connectivity index (χ0v) is 15.4. The highest BCUT2D eigenvalue weighted by atomic mass is 16.2. The van der Waals surface area contributed by atoms with E-state index < -0.39 is 0 Å². The minimum absolute atomic E-state index is 0.284. The normalized spacial score (nSPS) is 13.2. The minimum Gasteiger partial charge on any atom is -0.353 e. The molecule has 3 nitrogen and oxygen atoms in total. The van der Waals surface area contributed by atoms with Crippen LogP contribution in [0.5, 0.6) is 0 Å². The first kappa shape index (κ1) is 18.8. The van der Waals surface area contributed by atoms with E-state index in [2.05, 4.69) is 45.3 Å². The molecule has 1 amide bonds. The van der Waals surface area contributed by atoms with Crippen molar-refractivity contribution in [1.82, 2.24) is 9.47 Å². The summed E-state index contributed by atoms with van der Waals surface area (Å²) in [6.07, 6.45) is 5.98. The lowest BCUT2D eigenvalue weighted by Gasteiger charge is -2.27. The molecular weight excluding hydrogens is 272 g/mol. The third-order valence-electron chi connectivity index (χ3n) is 4.02. The second-order valence-corrected chi connectivity index (χ2v) is 7.85. The van der Waals surface area contributed by atoms with Crippen molar-refractivity contribution in [1.29, 1.82) is 0 Å². The SMILES string of the molecule is CCCCN(Cc1cccn1C)C(=O)C[C@H](C)CC(C)(C)C. The smallest absolute Gasteiger partial charge is 0.223 e. The fourth-order valence-electron chi connectivity index (χ4n) is 3.04. The van der Waals surface area contributed by atoms with Crippen molar-refractivity contribution < 1.29 is 4.79 Å². The molecule has 0 aromatic carbocycles. The fourth-order valence-corrected chi connectivity index (χ4v) is 3.04. The molecule has 0 N–H and O–H groups in total. The van der Waals surface area contributed by atoms with Crippen molar-refractivity contribution >= 4 is 5.91 Å². The summed E-state index contributed by atoms with van der Waals surface area (Å²) in [6.45, 7) is 12.7. The Hall–Kier alpha value is -1.25. The number of hydrogen-bond acceptors (Lipinski definition) is 1. The van der Waals surface area contributed by atoms with Gasteiger partial charge in [0.1, 0.15) is 0 Å². The molecule has 126 valence electrons. The van der Waals surface area contributed by atoms with Crippen LogP contribution in [0.25, 0.3) is 0 Å². The molecule has 0 fully saturated rings. The minimum atomic E-state index is 0.284. The van der Waals surface area contributed by atoms with Gasteiger partial charge in [0.15, 0.2) is 0 Å². The number of aromatic nitrogens is 1. The monoisotopic (exact) mass is 306 g/mol. The number of nitrogens with zero attached hydrogens (tertiary/aromatic N) is 2. The van der Waals surface area contributed by atoms with E-state index in [0.717, 1.165) is 32.4 Å². The van der Waals surface area contributed by atoms with Crippen molar-refractivity contribution in [2.24, 2.45) is 18.4 Å². The molecule has 1 aromatic heterocycles. The van der Waals surface area contributed by atoms with Crippen LogP contribution in [-0.4, -0.2) is 21.9 Å². The van der Waals surface area contributed by atoms with Gasteiger partial charge in [-0.1, -0.05) is 41.0 Å². The predicted molar refractivity (Wildman–Crippen MR) is 93.6 cm³/mol. The first-order chi connectivity index (χ1) is 10.2. The second-order valence-electron chi connectivity index (χ2n) is 7.85. The van der Waals surface area contributed by atoms with Crippen molar-refractivity contribution in [3.05, 3.63) is 24.0 Å². The highest BCUT2D eigenvalue weighted by Crippen LogP contribution is 2.26. The molecule has 0 unspecified atom stereocenters. The second kappa shape index (κ2) is 8.40. The number of aryl methyl sites for hydroxylation is 1. The van der Waals surface area contributed by atoms with E-state index in [0.29, 0.717) is 18.2 Å². The van der Waals surface area contributed by atoms with Crippen LogP contribution >= 0.6 is 0 Å². The maximum Gasteiger partial charge on any atom is 0.223 e. The third kappa shape index (κ3) is 6.67. The van der Waals surface area contributed by atoms with Crippen molar-refractivity contribution in [3.63, 3.8) is 0 Å². The molecule has 1 aromatic rings. The first-order valence-electron chi connectivity index (χ1n) is 8.61. The van der Waals surface area contributed by atoms with E-state index >= 15 is 0 Å². The van der Waals surface area contributed by atoms with Crippen LogP contribution in [0.4, 0.5) is 0 Å². The van der Waals surface area contributed by atoms with Gasteiger partial charge < -0.3 is 9.47 Å². The Bertz CT molecular complexity index is 456. The van der Waals surface area contributed by atoms with Gasteiger partial charge in [0.05, 0.1) is 6.54 Å². The quantitative estimate of drug-likeness (QED) is 0.688. The van der Waals surface area contributed by atoms with Crippen LogP contribution < -0.4 is 0 Å². The summed E-state index contributed by atoms with van der Waals surface area (Å²) in [5.41, 5.74) is 1.49. The van der Waals surface area contributed by atoms with Crippen LogP contribution in [0.1, 0.15) is 66.0 Å². The van der Waals surface area contributed by atoms with Gasteiger partial charge in [-0.15, -0.1) is 0 Å². The van der Waals surface area contributed by atoms with E-state index in [1.54, 1.807) is 0 Å². The molecule has 1 rings (SSSR count). The van der Waals surface area contributed by atoms with Gasteiger partial charge >= 0.3 is 0 Å². The Morgan fingerprint density at radius 2 is 2.05 bits per heavy atom. The average molecular weight is 306 g/mol. The number of carbonyl (C=O) groups excluding carboxylic acids is 1. The lowest BCUT2D eigenvalue weighted by atomic mass is 9.84. The van der Waals surface area contributed by atoms with E-state index in [9.17, 15) is 4.79 Å². The molecule has 1 heterocycles. The largest absolute Gasteiger partial charge is 0.353 e. The molecule has 0 aliphatic carbocycles. The van der Waals surface area contributed by atoms with Crippen molar-refractivity contribution in [3.8, 4) is 0 Å². The summed E-state index contributed by atoms with van der Waals surface area (Å²) in [5.74, 6) is 0.733. The van der Waals surface area contributed by atoms with Gasteiger partial charge in [-0.25, -0.2) is 0 Å². The number of unbranched alkanes of at least 4 members (excludes halogenated alkanes) is 1. The van der Waals surface area contributed by atoms with Crippen LogP contribution in [0, 0.1) is 11.3 Å². The summed E-state index contributed by atoms with van der Waals surface area (Å²) in [4.78, 5) is 14.7. The fraction of sp³-hybridized carbons (Fsp3) is 0.737. The molecule has 0 saturated carbocycles. The Kier molecular flexibility index (Phi) is 7.18. The Morgan fingerprint density at radius 3 is 2.55 bits per heavy atom. The van der Waals surface area contributed by atoms with Gasteiger partial charge in [0.25, 0.3) is 0 Å². The molecule has 1 atom stereocenters. The number of amides is 1. The van der Waals surface area contributed by atoms with E-state index in [-0.39, 0.29) is 5.41 Å². The summed E-state index contributed by atoms with van der Waals surface area (Å²) in [7, 11) is 2.04. The van der Waals surface area contributed by atoms with Crippen LogP contribution in [0.15, 0.2) is 18.3 Å². The molecule has 0 spiro atoms. The highest BCUT2D eigenvalue weighted by Gasteiger charge is 2.21. The number of carbonyl (C=O) groups is 1. The lowest BCUT2D eigenvalue weighted by Crippen LogP contribution is -2.33. The maximum atomic E-state index is 12.7. The van der Waals surface area contributed by atoms with Crippen molar-refractivity contribution in [2.45, 2.75) is 66.8 Å². The molecule has 0 saturated heterocycles. The predicted octanol–water partition coefficient (Wildman–Crippen LogP) is 4.62. The Balaban J connectivity index is 2.66. The molecule has 3 heteroatoms. The highest BCUT2D eigenvalue weighted by molar-refractivity contribution is 5.76. The molecule has 0 bridgehead atoms. The average Bonchev–Trinajstić information content (AvgIpc) is 2.77. The summed E-state index contributed by atoms with van der Waals surface area (Å²) < 4.78 is 2.10. The van der Waals surface area contributed by atoms with E-state index in [4.69, 9.17) is 0 Å². The maximum absolute atomic E-state index is 12.7. The van der Waals surface area contributed by atoms with Crippen LogP contribution in [0.2, 0.25) is 0 Å². The van der Waals surface area contributed by atoms with Crippen LogP contribution in [0.3, 0.4) is 0 Å². The number of rotatable bonds is 8. The summed E-state index contributed by atoms with van der Waals surface area (Å²) in [6, 6.07) is 4.14. The van der Waals surface area contributed by atoms with Gasteiger partial charge in [-0.2, -0.15) is 0 Å². The first-order valence-corrected chi connectivity index (χ1v) is 8.61. The molecule has 22 heavy (non-hydrogen) atoms. The zero-order chi connectivity index (χ0) is 16.8. The number of hydrogen-bond donors (Lipinski definition) is 0. The summed E-state index contributed by atoms with van der Waals surface area (Å²) >= 11 is 0. The molecule has 0 aliphatic rings. The molecule has 0 aliphatic heterocycles. The van der Waals surface area contributed by atoms with E-state index in [1.807, 2.05) is 24.2 Å². The van der Waals surface area contributed by atoms with Gasteiger partial charge in [-0.05, 0) is 36.3 Å². The summed E-state index contributed by atoms with van der Waals surface area (Å²) in [5, 5.41) is 0. The lowest BCUT2D eigenvalue weighted by molar-refractivity contribution is -0.133. The van der Waals surface area contributed by atoms with Crippen molar-refractivity contribution in [2.75, 3.05) is 6.54 Å². The Labute approximate surface area is 136 Å². The third-order valence-corrected chi connectivity index (χ3v) is 4.02. The van der Waals surface area contributed by atoms with Gasteiger partial charge in [0.2, 0.25) is 5.91 Å². The topological polar surface area (TPSA) is 25.2 Å².